The van der Waals surface area contributed by atoms with Gasteiger partial charge in [0.25, 0.3) is 0 Å². The van der Waals surface area contributed by atoms with Crippen molar-refractivity contribution in [2.75, 3.05) is 14.2 Å². The Bertz CT molecular complexity index is 443. The van der Waals surface area contributed by atoms with Crippen molar-refractivity contribution in [2.45, 2.75) is 18.8 Å². The Morgan fingerprint density at radius 3 is 2.59 bits per heavy atom. The molecule has 0 heterocycles. The summed E-state index contributed by atoms with van der Waals surface area (Å²) < 4.78 is 10.5. The number of fused-ring (bicyclic) bond motifs is 1. The zero-order chi connectivity index (χ0) is 12.4. The molecule has 1 aliphatic carbocycles. The zero-order valence-electron chi connectivity index (χ0n) is 9.95. The number of rotatable bonds is 3. The van der Waals surface area contributed by atoms with Gasteiger partial charge in [0.1, 0.15) is 0 Å². The van der Waals surface area contributed by atoms with Crippen molar-refractivity contribution in [2.24, 2.45) is 5.73 Å². The minimum atomic E-state index is -0.446. The summed E-state index contributed by atoms with van der Waals surface area (Å²) in [5.41, 5.74) is 7.32. The quantitative estimate of drug-likeness (QED) is 0.856. The molecule has 90 valence electrons. The summed E-state index contributed by atoms with van der Waals surface area (Å²) in [5.74, 6) is 0.467. The smallest absolute Gasteiger partial charge is 0.225 e. The van der Waals surface area contributed by atoms with Gasteiger partial charge in [-0.15, -0.1) is 0 Å². The number of ether oxygens (including phenoxy) is 2. The summed E-state index contributed by atoms with van der Waals surface area (Å²) in [6, 6.07) is 3.72. The maximum absolute atomic E-state index is 11.4. The molecule has 2 N–H and O–H groups in total. The first-order valence-electron chi connectivity index (χ1n) is 5.45. The lowest BCUT2D eigenvalue weighted by molar-refractivity contribution is -0.118. The fourth-order valence-corrected chi connectivity index (χ4v) is 2.14. The minimum absolute atomic E-state index is 0.377. The van der Waals surface area contributed by atoms with Crippen LogP contribution in [-0.2, 0) is 11.2 Å². The first kappa shape index (κ1) is 11.8. The highest BCUT2D eigenvalue weighted by Crippen LogP contribution is 2.38. The number of carbonyl (C=O) groups excluding carboxylic acids is 1. The molecule has 17 heavy (non-hydrogen) atoms. The van der Waals surface area contributed by atoms with Crippen LogP contribution >= 0.6 is 0 Å². The third-order valence-corrected chi connectivity index (χ3v) is 2.98. The van der Waals surface area contributed by atoms with E-state index >= 15 is 0 Å². The molecule has 0 aliphatic heterocycles. The summed E-state index contributed by atoms with van der Waals surface area (Å²) >= 11 is 0. The second-order valence-corrected chi connectivity index (χ2v) is 3.95. The standard InChI is InChI=1S/C13H15NO3/c1-16-11-6-8-4-3-5-9(13(14)15)10(8)7-12(11)17-2/h6-7,9H,3-4H2,1-2H3,(H2,14,15). The van der Waals surface area contributed by atoms with E-state index in [1.165, 1.54) is 0 Å². The highest BCUT2D eigenvalue weighted by Gasteiger charge is 2.27. The molecule has 4 nitrogen and oxygen atoms in total. The van der Waals surface area contributed by atoms with Crippen molar-refractivity contribution in [1.82, 2.24) is 0 Å². The summed E-state index contributed by atoms with van der Waals surface area (Å²) in [7, 11) is 3.16. The van der Waals surface area contributed by atoms with E-state index in [9.17, 15) is 4.79 Å². The third-order valence-electron chi connectivity index (χ3n) is 2.98. The van der Waals surface area contributed by atoms with E-state index in [2.05, 4.69) is 6.42 Å². The van der Waals surface area contributed by atoms with Crippen LogP contribution in [0.3, 0.4) is 0 Å². The van der Waals surface area contributed by atoms with Crippen LogP contribution in [-0.4, -0.2) is 20.1 Å². The van der Waals surface area contributed by atoms with Gasteiger partial charge in [-0.3, -0.25) is 4.79 Å². The molecule has 2 radical (unpaired) electrons. The number of nitrogens with two attached hydrogens (primary N) is 1. The Morgan fingerprint density at radius 2 is 2.00 bits per heavy atom. The fourth-order valence-electron chi connectivity index (χ4n) is 2.14. The van der Waals surface area contributed by atoms with E-state index in [4.69, 9.17) is 15.2 Å². The summed E-state index contributed by atoms with van der Waals surface area (Å²) in [5, 5.41) is 0. The average Bonchev–Trinajstić information content (AvgIpc) is 2.35. The first-order chi connectivity index (χ1) is 8.17. The number of hydrogen-bond acceptors (Lipinski definition) is 3. The van der Waals surface area contributed by atoms with Crippen LogP contribution in [0.15, 0.2) is 12.1 Å². The Labute approximate surface area is 101 Å². The Kier molecular flexibility index (Phi) is 3.22. The monoisotopic (exact) mass is 233 g/mol. The number of aryl methyl sites for hydroxylation is 1. The minimum Gasteiger partial charge on any atom is -0.493 e. The Hall–Kier alpha value is -1.71. The molecule has 1 amide bonds. The SMILES string of the molecule is COc1cc2c(cc1OC)C(C(N)=O)[C]CC2. The van der Waals surface area contributed by atoms with Gasteiger partial charge in [0.05, 0.1) is 20.1 Å². The predicted octanol–water partition coefficient (Wildman–Crippen LogP) is 1.30. The molecule has 0 bridgehead atoms. The molecular formula is C13H15NO3. The topological polar surface area (TPSA) is 61.6 Å². The summed E-state index contributed by atoms with van der Waals surface area (Å²) in [4.78, 5) is 11.4. The van der Waals surface area contributed by atoms with Crippen molar-refractivity contribution < 1.29 is 14.3 Å². The van der Waals surface area contributed by atoms with E-state index in [1.54, 1.807) is 14.2 Å². The second-order valence-electron chi connectivity index (χ2n) is 3.95. The third kappa shape index (κ3) is 2.07. The van der Waals surface area contributed by atoms with Crippen LogP contribution in [0.2, 0.25) is 0 Å². The molecule has 0 saturated heterocycles. The van der Waals surface area contributed by atoms with Gasteiger partial charge in [0, 0.05) is 6.42 Å². The van der Waals surface area contributed by atoms with E-state index in [0.29, 0.717) is 11.5 Å². The summed E-state index contributed by atoms with van der Waals surface area (Å²) in [6.45, 7) is 0. The highest BCUT2D eigenvalue weighted by molar-refractivity contribution is 5.84. The Balaban J connectivity index is 2.50. The van der Waals surface area contributed by atoms with Crippen molar-refractivity contribution in [3.05, 3.63) is 29.7 Å². The molecule has 1 unspecified atom stereocenters. The van der Waals surface area contributed by atoms with Crippen LogP contribution in [0.4, 0.5) is 0 Å². The van der Waals surface area contributed by atoms with Crippen LogP contribution < -0.4 is 15.2 Å². The number of hydrogen-bond donors (Lipinski definition) is 1. The van der Waals surface area contributed by atoms with E-state index in [-0.39, 0.29) is 5.91 Å². The molecule has 4 heteroatoms. The molecule has 0 fully saturated rings. The second kappa shape index (κ2) is 4.65. The van der Waals surface area contributed by atoms with Crippen LogP contribution in [0, 0.1) is 6.42 Å². The lowest BCUT2D eigenvalue weighted by Crippen LogP contribution is -2.25. The van der Waals surface area contributed by atoms with Crippen LogP contribution in [0.25, 0.3) is 0 Å². The molecule has 1 atom stereocenters. The van der Waals surface area contributed by atoms with Crippen molar-refractivity contribution >= 4 is 5.91 Å². The molecule has 0 aromatic heterocycles. The number of methoxy groups -OCH3 is 2. The van der Waals surface area contributed by atoms with Gasteiger partial charge in [-0.1, -0.05) is 0 Å². The number of primary amides is 1. The first-order valence-corrected chi connectivity index (χ1v) is 5.45. The van der Waals surface area contributed by atoms with Gasteiger partial charge in [-0.2, -0.15) is 0 Å². The van der Waals surface area contributed by atoms with Gasteiger partial charge < -0.3 is 15.2 Å². The van der Waals surface area contributed by atoms with Crippen molar-refractivity contribution in [3.8, 4) is 11.5 Å². The summed E-state index contributed by atoms with van der Waals surface area (Å²) in [6.07, 6.45) is 4.67. The molecular weight excluding hydrogens is 218 g/mol. The predicted molar refractivity (Wildman–Crippen MR) is 63.0 cm³/mol. The maximum atomic E-state index is 11.4. The van der Waals surface area contributed by atoms with Gasteiger partial charge in [0.15, 0.2) is 11.5 Å². The number of benzene rings is 1. The molecule has 0 spiro atoms. The maximum Gasteiger partial charge on any atom is 0.225 e. The largest absolute Gasteiger partial charge is 0.493 e. The average molecular weight is 233 g/mol. The molecule has 1 aromatic rings. The van der Waals surface area contributed by atoms with Gasteiger partial charge in [0.2, 0.25) is 5.91 Å². The van der Waals surface area contributed by atoms with Crippen molar-refractivity contribution in [1.29, 1.82) is 0 Å². The number of carbonyl (C=O) groups is 1. The fraction of sp³-hybridized carbons (Fsp3) is 0.385. The van der Waals surface area contributed by atoms with Gasteiger partial charge >= 0.3 is 0 Å². The number of amides is 1. The van der Waals surface area contributed by atoms with E-state index in [1.807, 2.05) is 12.1 Å². The molecule has 2 rings (SSSR count). The zero-order valence-corrected chi connectivity index (χ0v) is 9.95. The molecule has 1 aromatic carbocycles. The van der Waals surface area contributed by atoms with Crippen molar-refractivity contribution in [3.63, 3.8) is 0 Å². The lowest BCUT2D eigenvalue weighted by Gasteiger charge is -2.24. The normalized spacial score (nSPS) is 18.4. The lowest BCUT2D eigenvalue weighted by atomic mass is 9.82. The Morgan fingerprint density at radius 1 is 1.35 bits per heavy atom. The van der Waals surface area contributed by atoms with E-state index < -0.39 is 5.92 Å². The van der Waals surface area contributed by atoms with Crippen LogP contribution in [0.5, 0.6) is 11.5 Å². The van der Waals surface area contributed by atoms with E-state index in [0.717, 1.165) is 24.0 Å². The molecule has 1 aliphatic rings. The highest BCUT2D eigenvalue weighted by atomic mass is 16.5. The van der Waals surface area contributed by atoms with Gasteiger partial charge in [-0.25, -0.2) is 0 Å². The molecule has 0 saturated carbocycles. The van der Waals surface area contributed by atoms with Crippen LogP contribution in [0.1, 0.15) is 23.5 Å². The van der Waals surface area contributed by atoms with Gasteiger partial charge in [-0.05, 0) is 36.1 Å².